The monoisotopic (exact) mass is 516 g/mol. The Labute approximate surface area is 209 Å². The van der Waals surface area contributed by atoms with E-state index in [0.29, 0.717) is 48.7 Å². The highest BCUT2D eigenvalue weighted by Crippen LogP contribution is 2.32. The van der Waals surface area contributed by atoms with Gasteiger partial charge in [-0.1, -0.05) is 35.0 Å². The predicted molar refractivity (Wildman–Crippen MR) is 124 cm³/mol. The fourth-order valence-corrected chi connectivity index (χ4v) is 3.70. The van der Waals surface area contributed by atoms with Gasteiger partial charge in [-0.2, -0.15) is 4.98 Å². The SMILES string of the molecule is O=C(CN1CC(c2nc(-c3cccc(Cl)c3)no2)C1)NCc1ccc2c(c1)OCO2.O=C(O)C(=O)O. The zero-order chi connectivity index (χ0) is 25.7. The van der Waals surface area contributed by atoms with E-state index in [0.717, 1.165) is 16.9 Å². The summed E-state index contributed by atoms with van der Waals surface area (Å²) in [4.78, 5) is 37.0. The molecule has 0 atom stereocenters. The van der Waals surface area contributed by atoms with Gasteiger partial charge in [-0.05, 0) is 29.8 Å². The first-order valence-corrected chi connectivity index (χ1v) is 11.1. The molecule has 0 bridgehead atoms. The molecule has 188 valence electrons. The van der Waals surface area contributed by atoms with Crippen molar-refractivity contribution in [3.63, 3.8) is 0 Å². The molecule has 5 rings (SSSR count). The number of nitrogens with zero attached hydrogens (tertiary/aromatic N) is 3. The highest BCUT2D eigenvalue weighted by atomic mass is 35.5. The quantitative estimate of drug-likeness (QED) is 0.410. The minimum absolute atomic E-state index is 0.0312. The molecule has 2 aliphatic heterocycles. The third kappa shape index (κ3) is 6.29. The van der Waals surface area contributed by atoms with Crippen LogP contribution < -0.4 is 14.8 Å². The fraction of sp³-hybridized carbons (Fsp3) is 0.261. The van der Waals surface area contributed by atoms with Crippen molar-refractivity contribution in [2.45, 2.75) is 12.5 Å². The summed E-state index contributed by atoms with van der Waals surface area (Å²) in [5.41, 5.74) is 1.78. The Kier molecular flexibility index (Phi) is 7.66. The van der Waals surface area contributed by atoms with E-state index in [-0.39, 0.29) is 18.6 Å². The predicted octanol–water partition coefficient (Wildman–Crippen LogP) is 1.99. The molecule has 1 saturated heterocycles. The number of aliphatic carboxylic acids is 2. The van der Waals surface area contributed by atoms with Crippen molar-refractivity contribution in [1.82, 2.24) is 20.4 Å². The zero-order valence-electron chi connectivity index (χ0n) is 18.7. The van der Waals surface area contributed by atoms with Gasteiger partial charge in [0.1, 0.15) is 0 Å². The molecule has 0 aliphatic carbocycles. The molecule has 1 aromatic heterocycles. The molecule has 36 heavy (non-hydrogen) atoms. The number of hydrogen-bond donors (Lipinski definition) is 3. The normalized spacial score (nSPS) is 14.4. The summed E-state index contributed by atoms with van der Waals surface area (Å²) in [6.07, 6.45) is 0. The number of carbonyl (C=O) groups excluding carboxylic acids is 1. The van der Waals surface area contributed by atoms with E-state index in [4.69, 9.17) is 45.4 Å². The summed E-state index contributed by atoms with van der Waals surface area (Å²) >= 11 is 6.02. The number of rotatable bonds is 6. The Balaban J connectivity index is 0.000000455. The number of ether oxygens (including phenoxy) is 2. The highest BCUT2D eigenvalue weighted by molar-refractivity contribution is 6.30. The summed E-state index contributed by atoms with van der Waals surface area (Å²) in [6, 6.07) is 13.0. The van der Waals surface area contributed by atoms with Crippen LogP contribution in [0.3, 0.4) is 0 Å². The van der Waals surface area contributed by atoms with Gasteiger partial charge in [0.25, 0.3) is 0 Å². The first-order valence-electron chi connectivity index (χ1n) is 10.7. The van der Waals surface area contributed by atoms with Crippen LogP contribution in [0.5, 0.6) is 11.5 Å². The fourth-order valence-electron chi connectivity index (χ4n) is 3.51. The van der Waals surface area contributed by atoms with Crippen LogP contribution in [-0.2, 0) is 20.9 Å². The number of halogens is 1. The van der Waals surface area contributed by atoms with Gasteiger partial charge in [0.15, 0.2) is 11.5 Å². The number of hydrogen-bond acceptors (Lipinski definition) is 9. The summed E-state index contributed by atoms with van der Waals surface area (Å²) < 4.78 is 16.1. The number of nitrogens with one attached hydrogen (secondary N) is 1. The van der Waals surface area contributed by atoms with Crippen molar-refractivity contribution in [3.05, 3.63) is 58.9 Å². The van der Waals surface area contributed by atoms with Gasteiger partial charge >= 0.3 is 11.9 Å². The van der Waals surface area contributed by atoms with E-state index in [1.54, 1.807) is 12.1 Å². The third-order valence-electron chi connectivity index (χ3n) is 5.31. The third-order valence-corrected chi connectivity index (χ3v) is 5.54. The van der Waals surface area contributed by atoms with E-state index >= 15 is 0 Å². The number of carboxylic acid groups (broad SMARTS) is 2. The Morgan fingerprint density at radius 2 is 1.81 bits per heavy atom. The van der Waals surface area contributed by atoms with Crippen LogP contribution in [-0.4, -0.2) is 69.5 Å². The number of carboxylic acids is 2. The first-order chi connectivity index (χ1) is 17.3. The van der Waals surface area contributed by atoms with E-state index in [1.807, 2.05) is 35.2 Å². The number of benzene rings is 2. The van der Waals surface area contributed by atoms with Crippen molar-refractivity contribution in [1.29, 1.82) is 0 Å². The molecule has 0 radical (unpaired) electrons. The first kappa shape index (κ1) is 24.9. The Bertz CT molecular complexity index is 1260. The standard InChI is InChI=1S/C21H19ClN4O4.C2H2O4/c22-16-3-1-2-14(7-16)20-24-21(30-25-20)15-9-26(10-15)11-19(27)23-8-13-4-5-17-18(6-13)29-12-28-17;3-1(4)2(5)6/h1-7,15H,8-12H2,(H,23,27);(H,3,4)(H,5,6). The van der Waals surface area contributed by atoms with E-state index in [9.17, 15) is 4.79 Å². The molecule has 2 aliphatic rings. The van der Waals surface area contributed by atoms with E-state index in [2.05, 4.69) is 15.5 Å². The molecule has 1 fully saturated rings. The molecule has 3 heterocycles. The van der Waals surface area contributed by atoms with Crippen molar-refractivity contribution in [2.75, 3.05) is 26.4 Å². The van der Waals surface area contributed by atoms with Crippen molar-refractivity contribution in [2.24, 2.45) is 0 Å². The minimum atomic E-state index is -1.82. The molecule has 13 heteroatoms. The molecule has 0 spiro atoms. The number of amides is 1. The number of likely N-dealkylation sites (tertiary alicyclic amines) is 1. The van der Waals surface area contributed by atoms with Gasteiger partial charge in [-0.3, -0.25) is 9.69 Å². The van der Waals surface area contributed by atoms with Gasteiger partial charge in [0.05, 0.1) is 12.5 Å². The van der Waals surface area contributed by atoms with Crippen LogP contribution >= 0.6 is 11.6 Å². The minimum Gasteiger partial charge on any atom is -0.473 e. The summed E-state index contributed by atoms with van der Waals surface area (Å²) in [5.74, 6) is -0.997. The molecule has 0 saturated carbocycles. The van der Waals surface area contributed by atoms with E-state index < -0.39 is 11.9 Å². The zero-order valence-corrected chi connectivity index (χ0v) is 19.5. The largest absolute Gasteiger partial charge is 0.473 e. The Morgan fingerprint density at radius 1 is 1.06 bits per heavy atom. The number of fused-ring (bicyclic) bond motifs is 1. The van der Waals surface area contributed by atoms with Crippen LogP contribution in [0.15, 0.2) is 47.0 Å². The van der Waals surface area contributed by atoms with Gasteiger partial charge in [-0.25, -0.2) is 9.59 Å². The van der Waals surface area contributed by atoms with Crippen molar-refractivity contribution < 1.29 is 38.6 Å². The van der Waals surface area contributed by atoms with Crippen molar-refractivity contribution in [3.8, 4) is 22.9 Å². The van der Waals surface area contributed by atoms with Gasteiger partial charge in [0.2, 0.25) is 24.4 Å². The smallest absolute Gasteiger partial charge is 0.414 e. The van der Waals surface area contributed by atoms with Gasteiger partial charge in [0, 0.05) is 30.2 Å². The van der Waals surface area contributed by atoms with Gasteiger partial charge in [-0.15, -0.1) is 0 Å². The molecule has 0 unspecified atom stereocenters. The Morgan fingerprint density at radius 3 is 2.53 bits per heavy atom. The van der Waals surface area contributed by atoms with E-state index in [1.165, 1.54) is 0 Å². The maximum absolute atomic E-state index is 12.2. The van der Waals surface area contributed by atoms with Crippen LogP contribution in [0.4, 0.5) is 0 Å². The molecular weight excluding hydrogens is 496 g/mol. The topological polar surface area (TPSA) is 164 Å². The number of aromatic nitrogens is 2. The maximum Gasteiger partial charge on any atom is 0.414 e. The van der Waals surface area contributed by atoms with Crippen molar-refractivity contribution >= 4 is 29.4 Å². The lowest BCUT2D eigenvalue weighted by atomic mass is 10.0. The van der Waals surface area contributed by atoms with Crippen LogP contribution in [0.1, 0.15) is 17.4 Å². The molecule has 3 N–H and O–H groups in total. The highest BCUT2D eigenvalue weighted by Gasteiger charge is 2.33. The summed E-state index contributed by atoms with van der Waals surface area (Å²) in [7, 11) is 0. The second-order valence-electron chi connectivity index (χ2n) is 7.93. The Hall–Kier alpha value is -4.16. The summed E-state index contributed by atoms with van der Waals surface area (Å²) in [6.45, 7) is 2.42. The molecule has 2 aromatic carbocycles. The lowest BCUT2D eigenvalue weighted by Crippen LogP contribution is -2.49. The van der Waals surface area contributed by atoms with Gasteiger partial charge < -0.3 is 29.5 Å². The lowest BCUT2D eigenvalue weighted by molar-refractivity contribution is -0.159. The molecule has 3 aromatic rings. The van der Waals surface area contributed by atoms with Crippen LogP contribution in [0, 0.1) is 0 Å². The lowest BCUT2D eigenvalue weighted by Gasteiger charge is -2.36. The van der Waals surface area contributed by atoms with Crippen LogP contribution in [0.2, 0.25) is 5.02 Å². The molecule has 1 amide bonds. The maximum atomic E-state index is 12.2. The second-order valence-corrected chi connectivity index (χ2v) is 8.37. The molecule has 12 nitrogen and oxygen atoms in total. The molecular formula is C23H21ClN4O8. The number of carbonyl (C=O) groups is 3. The average Bonchev–Trinajstić information content (AvgIpc) is 3.49. The van der Waals surface area contributed by atoms with Crippen LogP contribution in [0.25, 0.3) is 11.4 Å². The average molecular weight is 517 g/mol. The summed E-state index contributed by atoms with van der Waals surface area (Å²) in [5, 5.41) is 22.4. The second kappa shape index (κ2) is 11.1.